The summed E-state index contributed by atoms with van der Waals surface area (Å²) in [6.45, 7) is 4.99. The molecule has 0 aliphatic carbocycles. The van der Waals surface area contributed by atoms with Gasteiger partial charge >= 0.3 is 257 Å². The molecule has 0 spiro atoms. The minimum atomic E-state index is -2.46. The number of rotatable bonds is 5. The first-order chi connectivity index (χ1) is 25.5. The van der Waals surface area contributed by atoms with Crippen molar-refractivity contribution >= 4 is 40.4 Å². The number of hydrogen-bond acceptors (Lipinski definition) is 4. The van der Waals surface area contributed by atoms with Crippen molar-refractivity contribution in [1.82, 2.24) is 15.0 Å². The van der Waals surface area contributed by atoms with Gasteiger partial charge in [0, 0.05) is 0 Å². The average Bonchev–Trinajstić information content (AvgIpc) is 3.69. The third kappa shape index (κ3) is 4.85. The van der Waals surface area contributed by atoms with Gasteiger partial charge in [0.05, 0.1) is 0 Å². The molecule has 0 atom stereocenters. The Morgan fingerprint density at radius 3 is 1.62 bits per heavy atom. The average molecular weight is 685 g/mol. The van der Waals surface area contributed by atoms with Crippen LogP contribution in [0.3, 0.4) is 0 Å². The summed E-state index contributed by atoms with van der Waals surface area (Å²) in [6.07, 6.45) is 0. The molecule has 0 saturated carbocycles. The van der Waals surface area contributed by atoms with E-state index in [4.69, 9.17) is 19.4 Å². The van der Waals surface area contributed by atoms with E-state index in [1.165, 1.54) is 32.6 Å². The van der Waals surface area contributed by atoms with E-state index < -0.39 is 8.07 Å². The van der Waals surface area contributed by atoms with Gasteiger partial charge < -0.3 is 0 Å². The molecule has 2 aromatic heterocycles. The molecule has 3 heterocycles. The summed E-state index contributed by atoms with van der Waals surface area (Å²) in [4.78, 5) is 15.6. The maximum absolute atomic E-state index is 6.52. The van der Waals surface area contributed by atoms with Crippen molar-refractivity contribution in [1.29, 1.82) is 0 Å². The fraction of sp³-hybridized carbons (Fsp3) is 0.0426. The molecule has 4 nitrogen and oxygen atoms in total. The van der Waals surface area contributed by atoms with Crippen molar-refractivity contribution in [2.75, 3.05) is 0 Å². The van der Waals surface area contributed by atoms with E-state index >= 15 is 0 Å². The Labute approximate surface area is 303 Å². The molecular weight excluding hydrogens is 651 g/mol. The Hall–Kier alpha value is -6.43. The van der Waals surface area contributed by atoms with Gasteiger partial charge in [0.2, 0.25) is 0 Å². The van der Waals surface area contributed by atoms with Crippen molar-refractivity contribution in [2.24, 2.45) is 0 Å². The molecule has 1 aliphatic rings. The minimum absolute atomic E-state index is 0.609. The number of fused-ring (bicyclic) bond motifs is 6. The van der Waals surface area contributed by atoms with Gasteiger partial charge in [-0.25, -0.2) is 0 Å². The molecule has 52 heavy (non-hydrogen) atoms. The van der Waals surface area contributed by atoms with Gasteiger partial charge in [-0.05, 0) is 11.1 Å². The van der Waals surface area contributed by atoms with E-state index in [1.807, 2.05) is 24.3 Å². The van der Waals surface area contributed by atoms with Crippen LogP contribution in [0.4, 0.5) is 0 Å². The zero-order chi connectivity index (χ0) is 34.8. The second-order valence-electron chi connectivity index (χ2n) is 14.3. The molecule has 7 aromatic carbocycles. The van der Waals surface area contributed by atoms with Crippen LogP contribution in [-0.2, 0) is 0 Å². The van der Waals surface area contributed by atoms with Gasteiger partial charge in [-0.3, -0.25) is 0 Å². The maximum atomic E-state index is 6.52. The summed E-state index contributed by atoms with van der Waals surface area (Å²) >= 11 is 0. The first kappa shape index (κ1) is 30.4. The fourth-order valence-corrected chi connectivity index (χ4v) is 12.3. The molecule has 248 valence electrons. The van der Waals surface area contributed by atoms with Gasteiger partial charge in [0.1, 0.15) is 0 Å². The van der Waals surface area contributed by atoms with Crippen LogP contribution >= 0.6 is 0 Å². The van der Waals surface area contributed by atoms with E-state index in [-0.39, 0.29) is 0 Å². The number of nitrogens with zero attached hydrogens (tertiary/aromatic N) is 3. The molecule has 1 aliphatic heterocycles. The third-order valence-corrected chi connectivity index (χ3v) is 14.9. The Balaban J connectivity index is 1.18. The standard InChI is InChI=1S/C47H34N3OSi/c1-52(2)42-21-13-12-20-37(42)38-26-27-39(43(44(38)52)31-16-8-4-9-17-31)47-49-45(32-18-10-5-11-19-32)48-46(50-47)34-23-25-36-35-24-22-33(30-14-6-3-7-15-30)28-40(35)51-41(36)29-34/h3-29,52H,1-2H3/q-1. The predicted molar refractivity (Wildman–Crippen MR) is 218 cm³/mol. The molecule has 0 unspecified atom stereocenters. The number of hydrogen-bond donors (Lipinski definition) is 0. The summed E-state index contributed by atoms with van der Waals surface area (Å²) in [5.74, 6) is 1.91. The summed E-state index contributed by atoms with van der Waals surface area (Å²) < 4.78 is 6.52. The van der Waals surface area contributed by atoms with E-state index in [2.05, 4.69) is 153 Å². The van der Waals surface area contributed by atoms with E-state index in [0.29, 0.717) is 17.5 Å². The Morgan fingerprint density at radius 2 is 0.923 bits per heavy atom. The Bertz CT molecular complexity index is 2810. The van der Waals surface area contributed by atoms with E-state index in [1.54, 1.807) is 0 Å². The molecule has 0 radical (unpaired) electrons. The normalized spacial score (nSPS) is 13.6. The molecule has 5 heteroatoms. The molecule has 0 amide bonds. The zero-order valence-corrected chi connectivity index (χ0v) is 30.1. The first-order valence-corrected chi connectivity index (χ1v) is 21.4. The quantitative estimate of drug-likeness (QED) is 0.169. The van der Waals surface area contributed by atoms with E-state index in [9.17, 15) is 0 Å². The van der Waals surface area contributed by atoms with Crippen molar-refractivity contribution in [3.8, 4) is 67.5 Å². The van der Waals surface area contributed by atoms with Crippen molar-refractivity contribution in [2.45, 2.75) is 13.1 Å². The summed E-state index contributed by atoms with van der Waals surface area (Å²) in [5.41, 5.74) is 11.9. The van der Waals surface area contributed by atoms with Crippen LogP contribution in [0.2, 0.25) is 13.1 Å². The zero-order valence-electron chi connectivity index (χ0n) is 28.9. The van der Waals surface area contributed by atoms with Crippen molar-refractivity contribution in [3.63, 3.8) is 0 Å². The second-order valence-corrected chi connectivity index (χ2v) is 19.3. The van der Waals surface area contributed by atoms with Gasteiger partial charge in [-0.2, -0.15) is 0 Å². The Kier molecular flexibility index (Phi) is 6.91. The summed E-state index contributed by atoms with van der Waals surface area (Å²) in [6, 6.07) is 57.6. The Morgan fingerprint density at radius 1 is 0.404 bits per heavy atom. The SMILES string of the molecule is C[SiH-]1(C)c2ccccc2-c2ccc(-c3nc(-c4ccccc4)nc(-c4ccc5c(c4)oc4cc(-c6ccccc6)ccc45)n3)c(-c3ccccc3)c21. The first-order valence-electron chi connectivity index (χ1n) is 17.9. The summed E-state index contributed by atoms with van der Waals surface area (Å²) in [7, 11) is -2.46. The van der Waals surface area contributed by atoms with Crippen LogP contribution in [-0.4, -0.2) is 23.0 Å². The number of furan rings is 1. The van der Waals surface area contributed by atoms with Crippen LogP contribution in [0.25, 0.3) is 89.5 Å². The molecule has 9 aromatic rings. The molecule has 0 N–H and O–H groups in total. The molecule has 0 fully saturated rings. The van der Waals surface area contributed by atoms with Crippen LogP contribution in [0.1, 0.15) is 0 Å². The van der Waals surface area contributed by atoms with Gasteiger partial charge in [-0.15, -0.1) is 0 Å². The van der Waals surface area contributed by atoms with Crippen LogP contribution in [0.5, 0.6) is 0 Å². The number of benzene rings is 7. The van der Waals surface area contributed by atoms with Crippen LogP contribution in [0, 0.1) is 0 Å². The topological polar surface area (TPSA) is 51.8 Å². The van der Waals surface area contributed by atoms with Crippen LogP contribution < -0.4 is 10.4 Å². The second kappa shape index (κ2) is 11.8. The molecular formula is C47H34N3OSi-. The molecule has 10 rings (SSSR count). The summed E-state index contributed by atoms with van der Waals surface area (Å²) in [5, 5.41) is 5.10. The van der Waals surface area contributed by atoms with Gasteiger partial charge in [0.25, 0.3) is 0 Å². The number of aromatic nitrogens is 3. The van der Waals surface area contributed by atoms with Gasteiger partial charge in [-0.1, -0.05) is 36.4 Å². The monoisotopic (exact) mass is 684 g/mol. The van der Waals surface area contributed by atoms with E-state index in [0.717, 1.165) is 49.8 Å². The third-order valence-electron chi connectivity index (χ3n) is 10.8. The fourth-order valence-electron chi connectivity index (χ4n) is 8.30. The van der Waals surface area contributed by atoms with Crippen molar-refractivity contribution in [3.05, 3.63) is 164 Å². The predicted octanol–water partition coefficient (Wildman–Crippen LogP) is 10.6. The van der Waals surface area contributed by atoms with Gasteiger partial charge in [0.15, 0.2) is 0 Å². The van der Waals surface area contributed by atoms with Crippen LogP contribution in [0.15, 0.2) is 168 Å². The molecule has 0 saturated heterocycles. The van der Waals surface area contributed by atoms with Crippen molar-refractivity contribution < 1.29 is 4.42 Å². The molecule has 0 bridgehead atoms.